The molecule has 7 amide bonds. The largest absolute Gasteiger partial charge is 0.371 e. The number of carbonyl (C=O) groups excluding carboxylic acids is 6. The van der Waals surface area contributed by atoms with E-state index in [0.29, 0.717) is 47.2 Å². The van der Waals surface area contributed by atoms with Gasteiger partial charge in [0.1, 0.15) is 11.9 Å². The van der Waals surface area contributed by atoms with Gasteiger partial charge in [-0.15, -0.1) is 0 Å². The maximum atomic E-state index is 13.3. The molecule has 0 aliphatic carbocycles. The van der Waals surface area contributed by atoms with Crippen molar-refractivity contribution in [3.8, 4) is 0 Å². The van der Waals surface area contributed by atoms with Crippen LogP contribution in [-0.4, -0.2) is 162 Å². The van der Waals surface area contributed by atoms with E-state index in [-0.39, 0.29) is 36.7 Å². The number of piperidine rings is 4. The molecule has 0 saturated carbocycles. The maximum Gasteiger partial charge on any atom is 0.320 e. The number of fused-ring (bicyclic) bond motifs is 1. The van der Waals surface area contributed by atoms with Gasteiger partial charge >= 0.3 is 6.03 Å². The van der Waals surface area contributed by atoms with Crippen molar-refractivity contribution < 1.29 is 28.8 Å². The number of nitrogens with one attached hydrogen (secondary N) is 3. The molecule has 7 aliphatic heterocycles. The topological polar surface area (TPSA) is 210 Å². The Morgan fingerprint density at radius 1 is 0.898 bits per heavy atom. The molecule has 2 aromatic rings. The molecule has 3 unspecified atom stereocenters. The number of imide groups is 2. The van der Waals surface area contributed by atoms with Gasteiger partial charge in [0.25, 0.3) is 17.7 Å². The van der Waals surface area contributed by atoms with Crippen molar-refractivity contribution in [3.63, 3.8) is 0 Å². The number of nitrogens with zero attached hydrogens (tertiary/aromatic N) is 8. The zero-order valence-corrected chi connectivity index (χ0v) is 33.6. The number of likely N-dealkylation sites (tertiary alicyclic amines) is 1. The summed E-state index contributed by atoms with van der Waals surface area (Å²) in [5.41, 5.74) is 7.39. The molecule has 18 heteroatoms. The summed E-state index contributed by atoms with van der Waals surface area (Å²) >= 11 is 0. The minimum Gasteiger partial charge on any atom is -0.371 e. The lowest BCUT2D eigenvalue weighted by Crippen LogP contribution is -2.54. The van der Waals surface area contributed by atoms with Gasteiger partial charge in [-0.2, -0.15) is 0 Å². The number of benzene rings is 1. The Balaban J connectivity index is 0.724. The zero-order valence-electron chi connectivity index (χ0n) is 33.6. The van der Waals surface area contributed by atoms with Crippen LogP contribution in [0.4, 0.5) is 22.1 Å². The number of amides is 7. The second-order valence-electron chi connectivity index (χ2n) is 17.4. The Morgan fingerprint density at radius 2 is 1.69 bits per heavy atom. The van der Waals surface area contributed by atoms with E-state index in [1.54, 1.807) is 23.2 Å². The summed E-state index contributed by atoms with van der Waals surface area (Å²) < 4.78 is 0. The SMILES string of the molecule is CN1CCN(C2CCCN(c3cnc(C(N)=O)c(NC4CCC(C5CCN(CC6CN(c7ccc8c(c7)C(=O)N([C@@H]7CCC(=O)NC7=O)C8=O)C6)CC5)NC4)n3)C2)C1=O. The van der Waals surface area contributed by atoms with E-state index in [0.717, 1.165) is 108 Å². The fourth-order valence-electron chi connectivity index (χ4n) is 10.3. The molecule has 7 aliphatic rings. The molecule has 0 spiro atoms. The van der Waals surface area contributed by atoms with E-state index in [1.807, 2.05) is 18.0 Å². The van der Waals surface area contributed by atoms with E-state index in [9.17, 15) is 28.8 Å². The number of rotatable bonds is 10. The highest BCUT2D eigenvalue weighted by atomic mass is 16.2. The van der Waals surface area contributed by atoms with Gasteiger partial charge in [0.2, 0.25) is 11.8 Å². The van der Waals surface area contributed by atoms with Crippen LogP contribution in [0.2, 0.25) is 0 Å². The second kappa shape index (κ2) is 16.0. The van der Waals surface area contributed by atoms with Crippen LogP contribution < -0.4 is 31.5 Å². The summed E-state index contributed by atoms with van der Waals surface area (Å²) in [6.45, 7) is 8.57. The molecule has 0 bridgehead atoms. The number of aromatic nitrogens is 2. The minimum absolute atomic E-state index is 0.0727. The summed E-state index contributed by atoms with van der Waals surface area (Å²) in [5.74, 6) is -0.378. The Morgan fingerprint density at radius 3 is 2.41 bits per heavy atom. The van der Waals surface area contributed by atoms with Gasteiger partial charge in [-0.3, -0.25) is 34.2 Å². The van der Waals surface area contributed by atoms with Crippen LogP contribution in [-0.2, 0) is 9.59 Å². The third-order valence-corrected chi connectivity index (χ3v) is 13.7. The van der Waals surface area contributed by atoms with Gasteiger partial charge in [0, 0.05) is 89.5 Å². The lowest BCUT2D eigenvalue weighted by molar-refractivity contribution is -0.136. The monoisotopic (exact) mass is 810 g/mol. The standard InChI is InChI=1S/C41H54N12O6/c1-48-15-16-52(41(48)59)28-3-2-12-50(23-28)33-19-44-35(36(42)55)37(46-33)45-26-4-7-31(43-18-26)25-10-13-49(14-11-25)20-24-21-51(22-24)27-5-6-29-30(17-27)40(58)53(39(29)57)32-8-9-34(54)47-38(32)56/h5-6,17,19,24-26,28,31-32,43H,2-4,7-16,18,20-23H2,1H3,(H2,42,55)(H,45,46)(H,47,54,56)/t26?,28?,31?,32-/m1/s1. The fraction of sp³-hybridized carbons (Fsp3) is 0.610. The second-order valence-corrected chi connectivity index (χ2v) is 17.4. The molecule has 4 atom stereocenters. The van der Waals surface area contributed by atoms with Crippen molar-refractivity contribution in [2.75, 3.05) is 87.6 Å². The Hall–Kier alpha value is -5.36. The van der Waals surface area contributed by atoms with Gasteiger partial charge in [-0.05, 0) is 82.2 Å². The third-order valence-electron chi connectivity index (χ3n) is 13.7. The number of hydrogen-bond acceptors (Lipinski definition) is 13. The van der Waals surface area contributed by atoms with E-state index < -0.39 is 35.6 Å². The lowest BCUT2D eigenvalue weighted by Gasteiger charge is -2.45. The molecule has 6 saturated heterocycles. The van der Waals surface area contributed by atoms with Crippen LogP contribution in [0.1, 0.15) is 82.6 Å². The Bertz CT molecular complexity index is 2030. The van der Waals surface area contributed by atoms with Crippen LogP contribution in [0.3, 0.4) is 0 Å². The molecule has 9 rings (SSSR count). The number of carbonyl (C=O) groups is 6. The molecule has 18 nitrogen and oxygen atoms in total. The van der Waals surface area contributed by atoms with Crippen molar-refractivity contribution in [1.82, 2.24) is 40.2 Å². The number of nitrogens with two attached hydrogens (primary N) is 1. The van der Waals surface area contributed by atoms with Crippen molar-refractivity contribution in [2.24, 2.45) is 17.6 Å². The molecule has 59 heavy (non-hydrogen) atoms. The number of anilines is 3. The number of hydrogen-bond donors (Lipinski definition) is 4. The van der Waals surface area contributed by atoms with Crippen LogP contribution in [0, 0.1) is 11.8 Å². The predicted molar refractivity (Wildman–Crippen MR) is 217 cm³/mol. The predicted octanol–water partition coefficient (Wildman–Crippen LogP) is 0.694. The molecule has 314 valence electrons. The normalized spacial score (nSPS) is 27.3. The first-order valence-electron chi connectivity index (χ1n) is 21.3. The average molecular weight is 811 g/mol. The zero-order chi connectivity index (χ0) is 40.9. The fourth-order valence-corrected chi connectivity index (χ4v) is 10.3. The van der Waals surface area contributed by atoms with Crippen molar-refractivity contribution in [3.05, 3.63) is 41.2 Å². The van der Waals surface area contributed by atoms with Crippen LogP contribution in [0.25, 0.3) is 0 Å². The van der Waals surface area contributed by atoms with Gasteiger partial charge in [0.05, 0.1) is 23.4 Å². The first-order chi connectivity index (χ1) is 28.5. The quantitative estimate of drug-likeness (QED) is 0.244. The summed E-state index contributed by atoms with van der Waals surface area (Å²) in [5, 5.41) is 9.54. The number of primary amides is 1. The molecule has 1 aromatic heterocycles. The summed E-state index contributed by atoms with van der Waals surface area (Å²) in [6, 6.07) is 5.05. The molecule has 8 heterocycles. The van der Waals surface area contributed by atoms with E-state index in [1.165, 1.54) is 0 Å². The van der Waals surface area contributed by atoms with E-state index in [4.69, 9.17) is 10.7 Å². The smallest absolute Gasteiger partial charge is 0.320 e. The number of likely N-dealkylation sites (N-methyl/N-ethyl adjacent to an activating group) is 1. The molecule has 0 radical (unpaired) electrons. The maximum absolute atomic E-state index is 13.3. The highest BCUT2D eigenvalue weighted by molar-refractivity contribution is 6.23. The molecule has 1 aromatic carbocycles. The van der Waals surface area contributed by atoms with Crippen molar-refractivity contribution in [2.45, 2.75) is 75.5 Å². The molecule has 6 fully saturated rings. The highest BCUT2D eigenvalue weighted by Crippen LogP contribution is 2.34. The highest BCUT2D eigenvalue weighted by Gasteiger charge is 2.45. The average Bonchev–Trinajstić information content (AvgIpc) is 3.69. The van der Waals surface area contributed by atoms with Crippen molar-refractivity contribution >= 4 is 52.9 Å². The van der Waals surface area contributed by atoms with E-state index in [2.05, 4.69) is 35.6 Å². The summed E-state index contributed by atoms with van der Waals surface area (Å²) in [4.78, 5) is 96.5. The molecular weight excluding hydrogens is 757 g/mol. The van der Waals surface area contributed by atoms with Crippen LogP contribution in [0.15, 0.2) is 24.4 Å². The first kappa shape index (κ1) is 39.1. The van der Waals surface area contributed by atoms with E-state index >= 15 is 0 Å². The minimum atomic E-state index is -0.969. The Kier molecular flexibility index (Phi) is 10.6. The van der Waals surface area contributed by atoms with Crippen molar-refractivity contribution in [1.29, 1.82) is 0 Å². The molecular formula is C41H54N12O6. The van der Waals surface area contributed by atoms with Gasteiger partial charge < -0.3 is 40.9 Å². The lowest BCUT2D eigenvalue weighted by atomic mass is 9.83. The van der Waals surface area contributed by atoms with Crippen LogP contribution >= 0.6 is 0 Å². The van der Waals surface area contributed by atoms with Gasteiger partial charge in [-0.1, -0.05) is 0 Å². The Labute approximate surface area is 343 Å². The summed E-state index contributed by atoms with van der Waals surface area (Å²) in [7, 11) is 1.84. The summed E-state index contributed by atoms with van der Waals surface area (Å²) in [6.07, 6.45) is 7.96. The molecule has 5 N–H and O–H groups in total. The van der Waals surface area contributed by atoms with Gasteiger partial charge in [-0.25, -0.2) is 14.8 Å². The third kappa shape index (κ3) is 7.67. The van der Waals surface area contributed by atoms with Gasteiger partial charge in [0.15, 0.2) is 11.5 Å². The van der Waals surface area contributed by atoms with Crippen LogP contribution in [0.5, 0.6) is 0 Å². The number of urea groups is 1. The first-order valence-corrected chi connectivity index (χ1v) is 21.3.